The van der Waals surface area contributed by atoms with Gasteiger partial charge >= 0.3 is 0 Å². The van der Waals surface area contributed by atoms with Crippen LogP contribution in [-0.2, 0) is 0 Å². The number of halogens is 1. The molecule has 0 fully saturated rings. The predicted octanol–water partition coefficient (Wildman–Crippen LogP) is 4.85. The van der Waals surface area contributed by atoms with E-state index in [-0.39, 0.29) is 5.91 Å². The third-order valence-electron chi connectivity index (χ3n) is 4.29. The zero-order valence-corrected chi connectivity index (χ0v) is 15.7. The highest BCUT2D eigenvalue weighted by molar-refractivity contribution is 9.10. The summed E-state index contributed by atoms with van der Waals surface area (Å²) in [5.41, 5.74) is 3.43. The van der Waals surface area contributed by atoms with Gasteiger partial charge in [-0.15, -0.1) is 0 Å². The Morgan fingerprint density at radius 2 is 1.77 bits per heavy atom. The first-order chi connectivity index (χ1) is 12.6. The van der Waals surface area contributed by atoms with Crippen LogP contribution < -0.4 is 5.01 Å². The highest BCUT2D eigenvalue weighted by atomic mass is 79.9. The van der Waals surface area contributed by atoms with Crippen LogP contribution in [0.1, 0.15) is 21.5 Å². The van der Waals surface area contributed by atoms with Crippen molar-refractivity contribution in [2.45, 2.75) is 0 Å². The summed E-state index contributed by atoms with van der Waals surface area (Å²) in [5, 5.41) is 3.46. The van der Waals surface area contributed by atoms with E-state index >= 15 is 0 Å². The monoisotopic (exact) mass is 405 g/mol. The number of hydrogen-bond donors (Lipinski definition) is 0. The quantitative estimate of drug-likeness (QED) is 0.624. The maximum Gasteiger partial charge on any atom is 0.277 e. The summed E-state index contributed by atoms with van der Waals surface area (Å²) in [4.78, 5) is 17.5. The lowest BCUT2D eigenvalue weighted by molar-refractivity contribution is 0.0844. The van der Waals surface area contributed by atoms with Crippen LogP contribution in [0.3, 0.4) is 0 Å². The largest absolute Gasteiger partial charge is 0.277 e. The molecule has 128 valence electrons. The first-order valence-corrected chi connectivity index (χ1v) is 9.00. The molecule has 2 aromatic carbocycles. The summed E-state index contributed by atoms with van der Waals surface area (Å²) in [6, 6.07) is 21.4. The summed E-state index contributed by atoms with van der Waals surface area (Å²) in [7, 11) is 1.85. The Balaban J connectivity index is 1.87. The topological polar surface area (TPSA) is 36.4 Å². The van der Waals surface area contributed by atoms with Crippen LogP contribution in [0.25, 0.3) is 11.8 Å². The molecule has 0 aliphatic carbocycles. The third-order valence-corrected chi connectivity index (χ3v) is 4.79. The van der Waals surface area contributed by atoms with E-state index < -0.39 is 0 Å². The molecule has 0 spiro atoms. The smallest absolute Gasteiger partial charge is 0.267 e. The Bertz CT molecular complexity index is 987. The van der Waals surface area contributed by atoms with Gasteiger partial charge in [0.1, 0.15) is 5.82 Å². The van der Waals surface area contributed by atoms with Crippen LogP contribution in [0.4, 0.5) is 5.82 Å². The van der Waals surface area contributed by atoms with Gasteiger partial charge in [-0.25, -0.2) is 9.99 Å². The van der Waals surface area contributed by atoms with Crippen molar-refractivity contribution in [1.29, 1.82) is 0 Å². The molecule has 4 rings (SSSR count). The summed E-state index contributed by atoms with van der Waals surface area (Å²) < 4.78 is 0.936. The van der Waals surface area contributed by atoms with E-state index in [0.29, 0.717) is 11.4 Å². The van der Waals surface area contributed by atoms with Gasteiger partial charge in [0.2, 0.25) is 0 Å². The molecule has 26 heavy (non-hydrogen) atoms. The Kier molecular flexibility index (Phi) is 4.31. The number of rotatable bonds is 3. The number of amides is 1. The van der Waals surface area contributed by atoms with Crippen molar-refractivity contribution < 1.29 is 4.79 Å². The van der Waals surface area contributed by atoms with Gasteiger partial charge in [-0.3, -0.25) is 9.80 Å². The van der Waals surface area contributed by atoms with Gasteiger partial charge in [0, 0.05) is 23.3 Å². The van der Waals surface area contributed by atoms with Crippen molar-refractivity contribution in [1.82, 2.24) is 9.99 Å². The van der Waals surface area contributed by atoms with Crippen LogP contribution in [-0.4, -0.2) is 22.9 Å². The molecule has 0 saturated heterocycles. The fraction of sp³-hybridized carbons (Fsp3) is 0.0476. The van der Waals surface area contributed by atoms with Crippen LogP contribution in [0.2, 0.25) is 0 Å². The molecule has 0 N–H and O–H groups in total. The normalized spacial score (nSPS) is 14.6. The first-order valence-electron chi connectivity index (χ1n) is 8.21. The van der Waals surface area contributed by atoms with Gasteiger partial charge in [-0.2, -0.15) is 0 Å². The second-order valence-electron chi connectivity index (χ2n) is 5.96. The highest BCUT2D eigenvalue weighted by Crippen LogP contribution is 2.37. The van der Waals surface area contributed by atoms with E-state index in [2.05, 4.69) is 20.9 Å². The molecule has 4 nitrogen and oxygen atoms in total. The number of carbonyl (C=O) groups is 1. The predicted molar refractivity (Wildman–Crippen MR) is 107 cm³/mol. The number of hydrogen-bond acceptors (Lipinski definition) is 3. The van der Waals surface area contributed by atoms with Crippen LogP contribution in [0, 0.1) is 0 Å². The zero-order valence-electron chi connectivity index (χ0n) is 14.1. The minimum Gasteiger partial charge on any atom is -0.267 e. The Hall–Kier alpha value is -2.92. The average molecular weight is 406 g/mol. The molecule has 1 aliphatic rings. The molecule has 1 aliphatic heterocycles. The van der Waals surface area contributed by atoms with Crippen molar-refractivity contribution in [2.24, 2.45) is 0 Å². The number of pyridine rings is 1. The molecule has 1 aromatic heterocycles. The van der Waals surface area contributed by atoms with E-state index in [1.54, 1.807) is 16.2 Å². The van der Waals surface area contributed by atoms with Gasteiger partial charge in [-0.05, 0) is 42.0 Å². The highest BCUT2D eigenvalue weighted by Gasteiger charge is 2.35. The number of nitrogens with zero attached hydrogens (tertiary/aromatic N) is 3. The van der Waals surface area contributed by atoms with Gasteiger partial charge in [0.15, 0.2) is 0 Å². The first kappa shape index (κ1) is 16.5. The lowest BCUT2D eigenvalue weighted by Gasteiger charge is -2.30. The fourth-order valence-corrected chi connectivity index (χ4v) is 3.41. The van der Waals surface area contributed by atoms with Crippen molar-refractivity contribution in [2.75, 3.05) is 12.1 Å². The van der Waals surface area contributed by atoms with Gasteiger partial charge in [-0.1, -0.05) is 52.3 Å². The molecular formula is C21H16BrN3O. The minimum absolute atomic E-state index is 0.0668. The molecule has 0 bridgehead atoms. The van der Waals surface area contributed by atoms with Gasteiger partial charge < -0.3 is 0 Å². The number of carbonyl (C=O) groups excluding carboxylic acids is 1. The maximum absolute atomic E-state index is 13.1. The zero-order chi connectivity index (χ0) is 18.1. The van der Waals surface area contributed by atoms with Crippen molar-refractivity contribution in [3.8, 4) is 0 Å². The molecule has 0 atom stereocenters. The van der Waals surface area contributed by atoms with E-state index in [1.807, 2.05) is 79.9 Å². The molecule has 5 heteroatoms. The van der Waals surface area contributed by atoms with Crippen LogP contribution >= 0.6 is 15.9 Å². The fourth-order valence-electron chi connectivity index (χ4n) is 3.04. The second kappa shape index (κ2) is 6.77. The molecule has 0 radical (unpaired) electrons. The van der Waals surface area contributed by atoms with Crippen molar-refractivity contribution in [3.05, 3.63) is 94.1 Å². The molecule has 0 saturated carbocycles. The molecule has 1 amide bonds. The molecular weight excluding hydrogens is 390 g/mol. The third kappa shape index (κ3) is 2.91. The number of fused-ring (bicyclic) bond motifs is 1. The SMILES string of the molecule is CN(c1ccccn1)N1C(=O)c2ccc(Br)cc2/C1=C/c1ccccc1. The Labute approximate surface area is 160 Å². The van der Waals surface area contributed by atoms with Crippen LogP contribution in [0.15, 0.2) is 77.4 Å². The van der Waals surface area contributed by atoms with Crippen molar-refractivity contribution in [3.63, 3.8) is 0 Å². The second-order valence-corrected chi connectivity index (χ2v) is 6.87. The van der Waals surface area contributed by atoms with E-state index in [4.69, 9.17) is 0 Å². The van der Waals surface area contributed by atoms with E-state index in [9.17, 15) is 4.79 Å². The maximum atomic E-state index is 13.1. The average Bonchev–Trinajstić information content (AvgIpc) is 2.94. The number of aromatic nitrogens is 1. The standard InChI is InChI=1S/C21H16BrN3O/c1-24(20-9-5-6-12-23-20)25-19(13-15-7-3-2-4-8-15)18-14-16(22)10-11-17(18)21(25)26/h2-14H,1H3/b19-13-. The Morgan fingerprint density at radius 3 is 2.50 bits per heavy atom. The van der Waals surface area contributed by atoms with Gasteiger partial charge in [0.05, 0.1) is 11.3 Å². The Morgan fingerprint density at radius 1 is 1.00 bits per heavy atom. The van der Waals surface area contributed by atoms with Gasteiger partial charge in [0.25, 0.3) is 5.91 Å². The van der Waals surface area contributed by atoms with E-state index in [1.165, 1.54) is 0 Å². The lowest BCUT2D eigenvalue weighted by Crippen LogP contribution is -2.39. The summed E-state index contributed by atoms with van der Waals surface area (Å²) in [6.07, 6.45) is 3.74. The summed E-state index contributed by atoms with van der Waals surface area (Å²) in [5.74, 6) is 0.634. The van der Waals surface area contributed by atoms with Crippen LogP contribution in [0.5, 0.6) is 0 Å². The number of hydrazine groups is 1. The van der Waals surface area contributed by atoms with Crippen molar-refractivity contribution >= 4 is 39.4 Å². The molecule has 0 unspecified atom stereocenters. The lowest BCUT2D eigenvalue weighted by atomic mass is 10.1. The molecule has 3 aromatic rings. The molecule has 2 heterocycles. The number of anilines is 1. The van der Waals surface area contributed by atoms with E-state index in [0.717, 1.165) is 21.3 Å². The number of benzene rings is 2. The summed E-state index contributed by atoms with van der Waals surface area (Å²) in [6.45, 7) is 0. The minimum atomic E-state index is -0.0668. The summed E-state index contributed by atoms with van der Waals surface area (Å²) >= 11 is 3.52.